The Labute approximate surface area is 121 Å². The van der Waals surface area contributed by atoms with E-state index in [-0.39, 0.29) is 5.54 Å². The number of fused-ring (bicyclic) bond motifs is 2. The Kier molecular flexibility index (Phi) is 4.88. The second-order valence-electron chi connectivity index (χ2n) is 6.76. The van der Waals surface area contributed by atoms with Crippen LogP contribution < -0.4 is 5.32 Å². The lowest BCUT2D eigenvalue weighted by molar-refractivity contribution is -0.103. The molecule has 0 radical (unpaired) electrons. The third kappa shape index (κ3) is 4.07. The van der Waals surface area contributed by atoms with Gasteiger partial charge in [-0.25, -0.2) is 4.79 Å². The number of carbonyl (C=O) groups is 1. The molecule has 2 rings (SSSR count). The van der Waals surface area contributed by atoms with Crippen LogP contribution in [-0.2, 0) is 4.74 Å². The minimum atomic E-state index is -0.833. The number of ether oxygens (including phenoxy) is 1. The van der Waals surface area contributed by atoms with Gasteiger partial charge in [-0.15, -0.1) is 0 Å². The average Bonchev–Trinajstić information content (AvgIpc) is 2.32. The number of morpholine rings is 2. The molecule has 0 aliphatic carbocycles. The predicted molar refractivity (Wildman–Crippen MR) is 77.1 cm³/mol. The maximum atomic E-state index is 11.3. The molecule has 0 saturated carbocycles. The molecule has 2 N–H and O–H groups in total. The van der Waals surface area contributed by atoms with Crippen molar-refractivity contribution in [2.24, 2.45) is 0 Å². The Morgan fingerprint density at radius 3 is 2.45 bits per heavy atom. The van der Waals surface area contributed by atoms with Crippen LogP contribution in [0, 0.1) is 0 Å². The highest BCUT2D eigenvalue weighted by molar-refractivity contribution is 5.65. The Bertz CT molecular complexity index is 331. The first kappa shape index (κ1) is 15.5. The van der Waals surface area contributed by atoms with Crippen molar-refractivity contribution in [2.45, 2.75) is 44.9 Å². The van der Waals surface area contributed by atoms with E-state index in [2.05, 4.69) is 10.2 Å². The monoisotopic (exact) mass is 285 g/mol. The summed E-state index contributed by atoms with van der Waals surface area (Å²) in [5.74, 6) is 0. The van der Waals surface area contributed by atoms with E-state index in [0.717, 1.165) is 39.1 Å². The molecule has 0 aromatic heterocycles. The minimum absolute atomic E-state index is 0.292. The van der Waals surface area contributed by atoms with Crippen molar-refractivity contribution in [1.29, 1.82) is 0 Å². The molecule has 1 amide bonds. The van der Waals surface area contributed by atoms with E-state index in [9.17, 15) is 9.90 Å². The molecule has 2 bridgehead atoms. The van der Waals surface area contributed by atoms with Crippen molar-refractivity contribution in [3.8, 4) is 0 Å². The highest BCUT2D eigenvalue weighted by Crippen LogP contribution is 2.16. The lowest BCUT2D eigenvalue weighted by atomic mass is 10.1. The van der Waals surface area contributed by atoms with Gasteiger partial charge in [0.15, 0.2) is 0 Å². The van der Waals surface area contributed by atoms with Gasteiger partial charge < -0.3 is 20.1 Å². The van der Waals surface area contributed by atoms with Gasteiger partial charge in [0.25, 0.3) is 0 Å². The van der Waals surface area contributed by atoms with Crippen LogP contribution in [0.5, 0.6) is 0 Å². The second kappa shape index (κ2) is 6.28. The van der Waals surface area contributed by atoms with Gasteiger partial charge in [-0.05, 0) is 27.2 Å². The predicted octanol–water partition coefficient (Wildman–Crippen LogP) is 0.828. The smallest absolute Gasteiger partial charge is 0.407 e. The molecule has 6 nitrogen and oxygen atoms in total. The third-order valence-electron chi connectivity index (χ3n) is 3.95. The largest absolute Gasteiger partial charge is 0.465 e. The van der Waals surface area contributed by atoms with Gasteiger partial charge >= 0.3 is 6.09 Å². The fourth-order valence-corrected chi connectivity index (χ4v) is 2.99. The van der Waals surface area contributed by atoms with Crippen LogP contribution in [0.3, 0.4) is 0 Å². The summed E-state index contributed by atoms with van der Waals surface area (Å²) in [6.07, 6.45) is 0.623. The van der Waals surface area contributed by atoms with Crippen molar-refractivity contribution >= 4 is 6.09 Å². The maximum absolute atomic E-state index is 11.3. The Hall–Kier alpha value is -0.850. The van der Waals surface area contributed by atoms with Gasteiger partial charge in [-0.2, -0.15) is 0 Å². The molecule has 6 heteroatoms. The van der Waals surface area contributed by atoms with E-state index in [1.807, 2.05) is 20.8 Å². The van der Waals surface area contributed by atoms with Crippen molar-refractivity contribution in [3.63, 3.8) is 0 Å². The molecule has 0 aromatic rings. The number of hydrogen-bond acceptors (Lipinski definition) is 4. The number of carboxylic acid groups (broad SMARTS) is 1. The molecule has 2 aliphatic heterocycles. The van der Waals surface area contributed by atoms with Crippen molar-refractivity contribution in [2.75, 3.05) is 39.3 Å². The second-order valence-corrected chi connectivity index (χ2v) is 6.76. The van der Waals surface area contributed by atoms with E-state index in [1.165, 1.54) is 4.90 Å². The molecule has 20 heavy (non-hydrogen) atoms. The van der Waals surface area contributed by atoms with Gasteiger partial charge in [0.1, 0.15) is 0 Å². The summed E-state index contributed by atoms with van der Waals surface area (Å²) in [5.41, 5.74) is -0.336. The summed E-state index contributed by atoms with van der Waals surface area (Å²) in [6.45, 7) is 11.1. The van der Waals surface area contributed by atoms with Crippen LogP contribution >= 0.6 is 0 Å². The molecule has 2 aliphatic rings. The van der Waals surface area contributed by atoms with Gasteiger partial charge in [-0.1, -0.05) is 0 Å². The third-order valence-corrected chi connectivity index (χ3v) is 3.95. The summed E-state index contributed by atoms with van der Waals surface area (Å²) in [7, 11) is 0. The highest BCUT2D eigenvalue weighted by Gasteiger charge is 2.31. The average molecular weight is 285 g/mol. The van der Waals surface area contributed by atoms with Gasteiger partial charge in [0, 0.05) is 44.8 Å². The number of nitrogens with zero attached hydrogens (tertiary/aromatic N) is 2. The molecular weight excluding hydrogens is 258 g/mol. The first-order valence-corrected chi connectivity index (χ1v) is 7.45. The van der Waals surface area contributed by atoms with Crippen LogP contribution in [0.15, 0.2) is 0 Å². The van der Waals surface area contributed by atoms with E-state index >= 15 is 0 Å². The van der Waals surface area contributed by atoms with Crippen LogP contribution in [0.4, 0.5) is 4.79 Å². The van der Waals surface area contributed by atoms with E-state index in [4.69, 9.17) is 4.74 Å². The summed E-state index contributed by atoms with van der Waals surface area (Å²) < 4.78 is 5.86. The molecule has 0 aromatic carbocycles. The maximum Gasteiger partial charge on any atom is 0.407 e. The zero-order valence-corrected chi connectivity index (χ0v) is 12.8. The fourth-order valence-electron chi connectivity index (χ4n) is 2.99. The molecular formula is C14H27N3O3. The molecule has 2 fully saturated rings. The molecule has 116 valence electrons. The molecule has 2 saturated heterocycles. The SMILES string of the molecule is CC(C)(C)N(CCCN1CC2CNCC(C1)O2)C(=O)O. The topological polar surface area (TPSA) is 65.0 Å². The Morgan fingerprint density at radius 1 is 1.35 bits per heavy atom. The van der Waals surface area contributed by atoms with E-state index in [0.29, 0.717) is 18.8 Å². The van der Waals surface area contributed by atoms with Crippen molar-refractivity contribution < 1.29 is 14.6 Å². The Balaban J connectivity index is 1.76. The Morgan fingerprint density at radius 2 is 1.95 bits per heavy atom. The van der Waals surface area contributed by atoms with Gasteiger partial charge in [-0.3, -0.25) is 4.90 Å². The van der Waals surface area contributed by atoms with Gasteiger partial charge in [0.05, 0.1) is 12.2 Å². The number of nitrogens with one attached hydrogen (secondary N) is 1. The minimum Gasteiger partial charge on any atom is -0.465 e. The van der Waals surface area contributed by atoms with Gasteiger partial charge in [0.2, 0.25) is 0 Å². The normalized spacial score (nSPS) is 27.4. The van der Waals surface area contributed by atoms with Crippen LogP contribution in [0.25, 0.3) is 0 Å². The zero-order valence-electron chi connectivity index (χ0n) is 12.8. The molecule has 2 heterocycles. The molecule has 0 spiro atoms. The molecule has 2 atom stereocenters. The van der Waals surface area contributed by atoms with Crippen molar-refractivity contribution in [3.05, 3.63) is 0 Å². The lowest BCUT2D eigenvalue weighted by Gasteiger charge is -2.42. The fraction of sp³-hybridized carbons (Fsp3) is 0.929. The number of rotatable bonds is 4. The first-order valence-electron chi connectivity index (χ1n) is 7.45. The summed E-state index contributed by atoms with van der Waals surface area (Å²) >= 11 is 0. The number of hydrogen-bond donors (Lipinski definition) is 2. The highest BCUT2D eigenvalue weighted by atomic mass is 16.5. The van der Waals surface area contributed by atoms with E-state index in [1.54, 1.807) is 0 Å². The summed E-state index contributed by atoms with van der Waals surface area (Å²) in [5, 5.41) is 12.6. The van der Waals surface area contributed by atoms with Crippen LogP contribution in [0.2, 0.25) is 0 Å². The number of amides is 1. The quantitative estimate of drug-likeness (QED) is 0.801. The first-order chi connectivity index (χ1) is 9.36. The van der Waals surface area contributed by atoms with E-state index < -0.39 is 6.09 Å². The standard InChI is InChI=1S/C14H27N3O3/c1-14(2,3)17(13(18)19)6-4-5-16-9-11-7-15-8-12(10-16)20-11/h11-12,15H,4-10H2,1-3H3,(H,18,19). The summed E-state index contributed by atoms with van der Waals surface area (Å²) in [6, 6.07) is 0. The van der Waals surface area contributed by atoms with Crippen LogP contribution in [-0.4, -0.2) is 78.0 Å². The van der Waals surface area contributed by atoms with Crippen molar-refractivity contribution in [1.82, 2.24) is 15.1 Å². The zero-order chi connectivity index (χ0) is 14.8. The van der Waals surface area contributed by atoms with Crippen LogP contribution in [0.1, 0.15) is 27.2 Å². The summed E-state index contributed by atoms with van der Waals surface area (Å²) in [4.78, 5) is 15.2. The lowest BCUT2D eigenvalue weighted by Crippen LogP contribution is -2.58. The molecule has 2 unspecified atom stereocenters.